The molecule has 0 aliphatic carbocycles. The van der Waals surface area contributed by atoms with Crippen LogP contribution in [0.15, 0.2) is 81.5 Å². The van der Waals surface area contributed by atoms with Gasteiger partial charge < -0.3 is 14.6 Å². The Balaban J connectivity index is 1.48. The quantitative estimate of drug-likeness (QED) is 0.172. The molecule has 0 aliphatic rings. The number of hydrogen-bond acceptors (Lipinski definition) is 8. The lowest BCUT2D eigenvalue weighted by atomic mass is 10.2. The Hall–Kier alpha value is -3.83. The summed E-state index contributed by atoms with van der Waals surface area (Å²) in [6.45, 7) is 0. The number of ether oxygens (including phenoxy) is 2. The molecule has 4 rings (SSSR count). The van der Waals surface area contributed by atoms with Crippen molar-refractivity contribution in [2.45, 2.75) is 5.16 Å². The second kappa shape index (κ2) is 11.7. The lowest BCUT2D eigenvalue weighted by molar-refractivity contribution is -0.118. The van der Waals surface area contributed by atoms with Gasteiger partial charge in [0.1, 0.15) is 0 Å². The maximum absolute atomic E-state index is 12.5. The van der Waals surface area contributed by atoms with E-state index in [1.54, 1.807) is 12.1 Å². The summed E-state index contributed by atoms with van der Waals surface area (Å²) in [4.78, 5) is 12.5. The van der Waals surface area contributed by atoms with Crippen LogP contribution in [0.4, 0.5) is 0 Å². The van der Waals surface area contributed by atoms with Crippen molar-refractivity contribution < 1.29 is 19.4 Å². The topological polar surface area (TPSA) is 111 Å². The first-order valence-corrected chi connectivity index (χ1v) is 12.4. The number of thioether (sulfide) groups is 1. The summed E-state index contributed by atoms with van der Waals surface area (Å²) in [7, 11) is 2.87. The van der Waals surface area contributed by atoms with Gasteiger partial charge in [-0.15, -0.1) is 10.2 Å². The normalized spacial score (nSPS) is 11.0. The van der Waals surface area contributed by atoms with Crippen LogP contribution < -0.4 is 14.9 Å². The summed E-state index contributed by atoms with van der Waals surface area (Å²) in [6.07, 6.45) is 1.44. The van der Waals surface area contributed by atoms with Gasteiger partial charge in [0.2, 0.25) is 5.75 Å². The van der Waals surface area contributed by atoms with Crippen LogP contribution >= 0.6 is 27.7 Å². The number of aromatic nitrogens is 3. The van der Waals surface area contributed by atoms with Gasteiger partial charge in [-0.05, 0) is 36.4 Å². The number of methoxy groups -OCH3 is 2. The number of hydrazone groups is 1. The van der Waals surface area contributed by atoms with Gasteiger partial charge in [0.15, 0.2) is 22.5 Å². The Morgan fingerprint density at radius 2 is 1.75 bits per heavy atom. The molecule has 0 radical (unpaired) electrons. The lowest BCUT2D eigenvalue weighted by Gasteiger charge is -2.10. The molecule has 0 saturated carbocycles. The summed E-state index contributed by atoms with van der Waals surface area (Å²) < 4.78 is 13.1. The highest BCUT2D eigenvalue weighted by atomic mass is 79.9. The molecular weight excluding hydrogens is 546 g/mol. The molecule has 1 aromatic heterocycles. The highest BCUT2D eigenvalue weighted by Crippen LogP contribution is 2.36. The van der Waals surface area contributed by atoms with Gasteiger partial charge in [-0.2, -0.15) is 5.10 Å². The molecule has 0 fully saturated rings. The average Bonchev–Trinajstić information content (AvgIpc) is 3.33. The second-order valence-electron chi connectivity index (χ2n) is 7.34. The van der Waals surface area contributed by atoms with Crippen LogP contribution in [0.2, 0.25) is 0 Å². The largest absolute Gasteiger partial charge is 0.502 e. The Morgan fingerprint density at radius 1 is 1.08 bits per heavy atom. The zero-order chi connectivity index (χ0) is 25.5. The smallest absolute Gasteiger partial charge is 0.250 e. The van der Waals surface area contributed by atoms with Crippen LogP contribution in [-0.2, 0) is 4.79 Å². The Kier molecular flexibility index (Phi) is 8.24. The van der Waals surface area contributed by atoms with E-state index in [2.05, 4.69) is 36.7 Å². The van der Waals surface area contributed by atoms with Crippen molar-refractivity contribution in [3.63, 3.8) is 0 Å². The highest BCUT2D eigenvalue weighted by Gasteiger charge is 2.17. The summed E-state index contributed by atoms with van der Waals surface area (Å²) >= 11 is 4.71. The zero-order valence-electron chi connectivity index (χ0n) is 19.4. The van der Waals surface area contributed by atoms with E-state index in [-0.39, 0.29) is 28.9 Å². The third kappa shape index (κ3) is 5.86. The number of benzene rings is 3. The molecule has 4 aromatic rings. The Morgan fingerprint density at radius 3 is 2.39 bits per heavy atom. The molecule has 1 amide bonds. The fraction of sp³-hybridized carbons (Fsp3) is 0.120. The average molecular weight is 568 g/mol. The Labute approximate surface area is 220 Å². The van der Waals surface area contributed by atoms with Crippen LogP contribution in [0.1, 0.15) is 5.56 Å². The molecule has 0 unspecified atom stereocenters. The molecule has 184 valence electrons. The van der Waals surface area contributed by atoms with E-state index in [0.29, 0.717) is 16.5 Å². The van der Waals surface area contributed by atoms with Crippen molar-refractivity contribution in [3.8, 4) is 34.3 Å². The maximum atomic E-state index is 12.5. The summed E-state index contributed by atoms with van der Waals surface area (Å²) in [6, 6.07) is 20.7. The molecule has 3 aromatic carbocycles. The number of rotatable bonds is 9. The number of halogens is 1. The highest BCUT2D eigenvalue weighted by molar-refractivity contribution is 9.10. The van der Waals surface area contributed by atoms with Crippen LogP contribution in [-0.4, -0.2) is 52.0 Å². The monoisotopic (exact) mass is 567 g/mol. The number of nitrogens with zero attached hydrogens (tertiary/aromatic N) is 4. The van der Waals surface area contributed by atoms with Gasteiger partial charge in [-0.1, -0.05) is 58.0 Å². The van der Waals surface area contributed by atoms with E-state index in [1.807, 2.05) is 59.2 Å². The van der Waals surface area contributed by atoms with Crippen LogP contribution in [0.5, 0.6) is 17.2 Å². The molecule has 11 heteroatoms. The molecular formula is C25H22BrN5O4S. The third-order valence-corrected chi connectivity index (χ3v) is 6.45. The molecule has 9 nitrogen and oxygen atoms in total. The van der Waals surface area contributed by atoms with E-state index in [1.165, 1.54) is 32.2 Å². The lowest BCUT2D eigenvalue weighted by Crippen LogP contribution is -2.20. The number of phenols is 1. The van der Waals surface area contributed by atoms with E-state index >= 15 is 0 Å². The van der Waals surface area contributed by atoms with E-state index in [0.717, 1.165) is 15.7 Å². The van der Waals surface area contributed by atoms with Crippen molar-refractivity contribution in [2.75, 3.05) is 20.0 Å². The van der Waals surface area contributed by atoms with Crippen LogP contribution in [0, 0.1) is 0 Å². The standard InChI is InChI=1S/C25H22BrN5O4S/c1-34-20-12-16(13-21(35-2)23(20)33)14-27-28-22(32)15-36-25-30-29-24(17-6-4-3-5-7-17)31(25)19-10-8-18(26)9-11-19/h3-14,33H,15H2,1-2H3,(H,28,32)/b27-14+. The van der Waals surface area contributed by atoms with Crippen molar-refractivity contribution in [2.24, 2.45) is 5.10 Å². The summed E-state index contributed by atoms with van der Waals surface area (Å²) in [5.41, 5.74) is 4.86. The molecule has 0 saturated heterocycles. The molecule has 2 N–H and O–H groups in total. The van der Waals surface area contributed by atoms with Gasteiger partial charge >= 0.3 is 0 Å². The zero-order valence-corrected chi connectivity index (χ0v) is 21.8. The van der Waals surface area contributed by atoms with E-state index < -0.39 is 0 Å². The van der Waals surface area contributed by atoms with Gasteiger partial charge in [0.05, 0.1) is 26.2 Å². The van der Waals surface area contributed by atoms with Gasteiger partial charge in [-0.25, -0.2) is 5.43 Å². The van der Waals surface area contributed by atoms with E-state index in [9.17, 15) is 9.90 Å². The van der Waals surface area contributed by atoms with Crippen LogP contribution in [0.3, 0.4) is 0 Å². The summed E-state index contributed by atoms with van der Waals surface area (Å²) in [5, 5.41) is 23.3. The van der Waals surface area contributed by atoms with Crippen molar-refractivity contribution in [3.05, 3.63) is 76.8 Å². The fourth-order valence-electron chi connectivity index (χ4n) is 3.29. The Bertz CT molecular complexity index is 1350. The second-order valence-corrected chi connectivity index (χ2v) is 9.20. The minimum Gasteiger partial charge on any atom is -0.502 e. The first-order chi connectivity index (χ1) is 17.5. The van der Waals surface area contributed by atoms with Crippen LogP contribution in [0.25, 0.3) is 17.1 Å². The number of aromatic hydroxyl groups is 1. The van der Waals surface area contributed by atoms with Gasteiger partial charge in [0, 0.05) is 21.3 Å². The predicted octanol–water partition coefficient (Wildman–Crippen LogP) is 4.66. The predicted molar refractivity (Wildman–Crippen MR) is 142 cm³/mol. The molecule has 36 heavy (non-hydrogen) atoms. The molecule has 0 spiro atoms. The molecule has 0 bridgehead atoms. The first kappa shape index (κ1) is 25.3. The van der Waals surface area contributed by atoms with Gasteiger partial charge in [-0.3, -0.25) is 9.36 Å². The number of hydrogen-bond donors (Lipinski definition) is 2. The number of carbonyl (C=O) groups excluding carboxylic acids is 1. The SMILES string of the molecule is COc1cc(/C=N/NC(=O)CSc2nnc(-c3ccccc3)n2-c2ccc(Br)cc2)cc(OC)c1O. The molecule has 1 heterocycles. The van der Waals surface area contributed by atoms with Crippen molar-refractivity contribution in [1.29, 1.82) is 0 Å². The maximum Gasteiger partial charge on any atom is 0.250 e. The number of carbonyl (C=O) groups is 1. The first-order valence-electron chi connectivity index (χ1n) is 10.7. The fourth-order valence-corrected chi connectivity index (χ4v) is 4.30. The number of nitrogens with one attached hydrogen (secondary N) is 1. The van der Waals surface area contributed by atoms with Crippen molar-refractivity contribution >= 4 is 39.8 Å². The van der Waals surface area contributed by atoms with Crippen molar-refractivity contribution in [1.82, 2.24) is 20.2 Å². The molecule has 0 aliphatic heterocycles. The minimum atomic E-state index is -0.319. The molecule has 0 atom stereocenters. The van der Waals surface area contributed by atoms with E-state index in [4.69, 9.17) is 9.47 Å². The summed E-state index contributed by atoms with van der Waals surface area (Å²) in [5.74, 6) is 0.790. The van der Waals surface area contributed by atoms with Gasteiger partial charge in [0.25, 0.3) is 5.91 Å². The number of phenolic OH excluding ortho intramolecular Hbond substituents is 1. The minimum absolute atomic E-state index is 0.0724. The third-order valence-electron chi connectivity index (χ3n) is 4.99. The number of amides is 1.